The number of hydrogen-bond acceptors (Lipinski definition) is 8. The lowest BCUT2D eigenvalue weighted by atomic mass is 9.69. The smallest absolute Gasteiger partial charge is 0.336 e. The van der Waals surface area contributed by atoms with E-state index in [1.165, 1.54) is 7.11 Å². The molecule has 2 aliphatic rings. The van der Waals surface area contributed by atoms with E-state index in [4.69, 9.17) is 14.2 Å². The third-order valence-electron chi connectivity index (χ3n) is 6.80. The summed E-state index contributed by atoms with van der Waals surface area (Å²) in [4.78, 5) is 40.0. The van der Waals surface area contributed by atoms with Crippen LogP contribution in [0, 0.1) is 11.8 Å². The Morgan fingerprint density at radius 3 is 2.53 bits per heavy atom. The number of hydrogen-bond donors (Lipinski definition) is 1. The molecule has 1 aliphatic carbocycles. The van der Waals surface area contributed by atoms with Crippen molar-refractivity contribution in [3.63, 3.8) is 0 Å². The second-order valence-electron chi connectivity index (χ2n) is 9.36. The minimum Gasteiger partial charge on any atom is -0.468 e. The molecule has 2 aromatic carbocycles. The minimum absolute atomic E-state index is 0.248. The molecule has 7 nitrogen and oxygen atoms in total. The molecular formula is C30H33NO6S. The van der Waals surface area contributed by atoms with E-state index in [2.05, 4.69) is 5.32 Å². The molecule has 2 aromatic rings. The summed E-state index contributed by atoms with van der Waals surface area (Å²) in [6, 6.07) is 16.7. The van der Waals surface area contributed by atoms with Crippen molar-refractivity contribution in [3.05, 3.63) is 82.7 Å². The normalized spacial score (nSPS) is 20.9. The van der Waals surface area contributed by atoms with Crippen molar-refractivity contribution in [2.24, 2.45) is 11.8 Å². The van der Waals surface area contributed by atoms with Gasteiger partial charge in [-0.1, -0.05) is 44.2 Å². The number of ether oxygens (including phenoxy) is 3. The monoisotopic (exact) mass is 535 g/mol. The van der Waals surface area contributed by atoms with E-state index >= 15 is 0 Å². The van der Waals surface area contributed by atoms with Gasteiger partial charge in [-0.25, -0.2) is 4.79 Å². The van der Waals surface area contributed by atoms with Crippen LogP contribution in [0.3, 0.4) is 0 Å². The number of carbonyl (C=O) groups is 3. The first-order valence-electron chi connectivity index (χ1n) is 12.8. The van der Waals surface area contributed by atoms with Crippen LogP contribution in [0.25, 0.3) is 0 Å². The molecule has 0 fully saturated rings. The van der Waals surface area contributed by atoms with Crippen molar-refractivity contribution in [3.8, 4) is 11.5 Å². The van der Waals surface area contributed by atoms with Gasteiger partial charge in [0.25, 0.3) is 0 Å². The maximum absolute atomic E-state index is 13.9. The quantitative estimate of drug-likeness (QED) is 0.260. The van der Waals surface area contributed by atoms with Gasteiger partial charge in [0, 0.05) is 28.6 Å². The summed E-state index contributed by atoms with van der Waals surface area (Å²) < 4.78 is 16.7. The van der Waals surface area contributed by atoms with Crippen LogP contribution in [0.5, 0.6) is 11.5 Å². The summed E-state index contributed by atoms with van der Waals surface area (Å²) in [6.45, 7) is 5.99. The van der Waals surface area contributed by atoms with E-state index in [0.717, 1.165) is 11.4 Å². The summed E-state index contributed by atoms with van der Waals surface area (Å²) in [6.07, 6.45) is 0.477. The standard InChI is InChI=1S/C30H33NO6S/c1-5-38-15-14-36-30(34)25-19(3)31-23-16-18(2)24(29(33)35-4)28(32)27(23)26(25)20-10-9-13-22(17-20)37-21-11-7-6-8-12-21/h6-13,17-18,24,26,31H,5,14-16H2,1-4H3. The van der Waals surface area contributed by atoms with Crippen molar-refractivity contribution in [2.75, 3.05) is 25.2 Å². The fourth-order valence-corrected chi connectivity index (χ4v) is 5.57. The van der Waals surface area contributed by atoms with Gasteiger partial charge < -0.3 is 19.5 Å². The Labute approximate surface area is 227 Å². The molecule has 0 saturated heterocycles. The molecule has 4 rings (SSSR count). The highest BCUT2D eigenvalue weighted by Gasteiger charge is 2.47. The van der Waals surface area contributed by atoms with Gasteiger partial charge in [0.2, 0.25) is 0 Å². The molecule has 200 valence electrons. The molecule has 0 amide bonds. The van der Waals surface area contributed by atoms with Crippen molar-refractivity contribution in [1.29, 1.82) is 0 Å². The maximum atomic E-state index is 13.9. The molecule has 0 radical (unpaired) electrons. The summed E-state index contributed by atoms with van der Waals surface area (Å²) in [5, 5.41) is 3.29. The van der Waals surface area contributed by atoms with Crippen molar-refractivity contribution >= 4 is 29.5 Å². The Morgan fingerprint density at radius 1 is 1.08 bits per heavy atom. The predicted molar refractivity (Wildman–Crippen MR) is 147 cm³/mol. The zero-order valence-corrected chi connectivity index (χ0v) is 22.9. The van der Waals surface area contributed by atoms with Crippen LogP contribution < -0.4 is 10.1 Å². The number of esters is 2. The Bertz CT molecular complexity index is 1270. The van der Waals surface area contributed by atoms with E-state index < -0.39 is 23.8 Å². The van der Waals surface area contributed by atoms with Gasteiger partial charge in [0.05, 0.1) is 12.7 Å². The molecule has 1 N–H and O–H groups in total. The van der Waals surface area contributed by atoms with Crippen LogP contribution in [0.2, 0.25) is 0 Å². The summed E-state index contributed by atoms with van der Waals surface area (Å²) in [5.41, 5.74) is 2.81. The number of para-hydroxylation sites is 1. The Morgan fingerprint density at radius 2 is 1.82 bits per heavy atom. The van der Waals surface area contributed by atoms with Crippen LogP contribution in [-0.2, 0) is 23.9 Å². The number of thioether (sulfide) groups is 1. The number of nitrogens with one attached hydrogen (secondary N) is 1. The average molecular weight is 536 g/mol. The number of benzene rings is 2. The van der Waals surface area contributed by atoms with E-state index in [0.29, 0.717) is 46.1 Å². The Kier molecular flexibility index (Phi) is 8.94. The molecule has 1 aliphatic heterocycles. The summed E-state index contributed by atoms with van der Waals surface area (Å²) >= 11 is 1.68. The zero-order chi connectivity index (χ0) is 27.2. The molecule has 38 heavy (non-hydrogen) atoms. The third kappa shape index (κ3) is 5.80. The molecule has 0 saturated carbocycles. The molecule has 3 unspecified atom stereocenters. The van der Waals surface area contributed by atoms with E-state index in [1.54, 1.807) is 11.8 Å². The fourth-order valence-electron chi connectivity index (χ4n) is 5.08. The number of dihydropyridines is 1. The van der Waals surface area contributed by atoms with Crippen LogP contribution in [0.15, 0.2) is 77.1 Å². The first-order chi connectivity index (χ1) is 18.3. The second-order valence-corrected chi connectivity index (χ2v) is 10.7. The largest absolute Gasteiger partial charge is 0.468 e. The zero-order valence-electron chi connectivity index (χ0n) is 22.1. The van der Waals surface area contributed by atoms with Gasteiger partial charge in [-0.05, 0) is 54.8 Å². The minimum atomic E-state index is -0.941. The Hall–Kier alpha value is -3.52. The van der Waals surface area contributed by atoms with Gasteiger partial charge in [0.1, 0.15) is 24.0 Å². The number of rotatable bonds is 9. The molecule has 0 aromatic heterocycles. The van der Waals surface area contributed by atoms with Crippen LogP contribution >= 0.6 is 11.8 Å². The van der Waals surface area contributed by atoms with Crippen LogP contribution in [-0.4, -0.2) is 42.9 Å². The third-order valence-corrected chi connectivity index (χ3v) is 7.66. The Balaban J connectivity index is 1.77. The van der Waals surface area contributed by atoms with E-state index in [9.17, 15) is 14.4 Å². The van der Waals surface area contributed by atoms with Crippen molar-refractivity contribution in [1.82, 2.24) is 5.32 Å². The van der Waals surface area contributed by atoms with Crippen LogP contribution in [0.1, 0.15) is 38.7 Å². The van der Waals surface area contributed by atoms with Crippen LogP contribution in [0.4, 0.5) is 0 Å². The number of ketones is 1. The van der Waals surface area contributed by atoms with Crippen molar-refractivity contribution < 1.29 is 28.6 Å². The van der Waals surface area contributed by atoms with Gasteiger partial charge in [-0.3, -0.25) is 9.59 Å². The van der Waals surface area contributed by atoms with Gasteiger partial charge in [-0.2, -0.15) is 11.8 Å². The number of Topliss-reactive ketones (excluding diaryl/α,β-unsaturated/α-hetero) is 1. The van der Waals surface area contributed by atoms with E-state index in [1.807, 2.05) is 75.4 Å². The molecular weight excluding hydrogens is 502 g/mol. The molecule has 3 atom stereocenters. The first-order valence-corrected chi connectivity index (χ1v) is 13.9. The fraction of sp³-hybridized carbons (Fsp3) is 0.367. The maximum Gasteiger partial charge on any atom is 0.336 e. The second kappa shape index (κ2) is 12.3. The lowest BCUT2D eigenvalue weighted by Gasteiger charge is -2.38. The highest BCUT2D eigenvalue weighted by Crippen LogP contribution is 2.46. The SMILES string of the molecule is CCSCCOC(=O)C1=C(C)NC2=C(C(=O)C(C(=O)OC)C(C)C2)C1c1cccc(Oc2ccccc2)c1. The molecule has 0 bridgehead atoms. The molecule has 0 spiro atoms. The number of carbonyl (C=O) groups excluding carboxylic acids is 3. The summed E-state index contributed by atoms with van der Waals surface area (Å²) in [5.74, 6) is -0.452. The first kappa shape index (κ1) is 27.5. The van der Waals surface area contributed by atoms with Gasteiger partial charge in [-0.15, -0.1) is 0 Å². The lowest BCUT2D eigenvalue weighted by molar-refractivity contribution is -0.151. The summed E-state index contributed by atoms with van der Waals surface area (Å²) in [7, 11) is 1.29. The lowest BCUT2D eigenvalue weighted by Crippen LogP contribution is -2.43. The highest BCUT2D eigenvalue weighted by molar-refractivity contribution is 7.99. The number of methoxy groups -OCH3 is 1. The van der Waals surface area contributed by atoms with Gasteiger partial charge in [0.15, 0.2) is 5.78 Å². The molecule has 8 heteroatoms. The topological polar surface area (TPSA) is 90.9 Å². The predicted octanol–water partition coefficient (Wildman–Crippen LogP) is 5.39. The van der Waals surface area contributed by atoms with Crippen molar-refractivity contribution in [2.45, 2.75) is 33.1 Å². The van der Waals surface area contributed by atoms with E-state index in [-0.39, 0.29) is 18.3 Å². The molecule has 1 heterocycles. The average Bonchev–Trinajstić information content (AvgIpc) is 2.90. The van der Waals surface area contributed by atoms with Gasteiger partial charge >= 0.3 is 11.9 Å². The highest BCUT2D eigenvalue weighted by atomic mass is 32.2. The number of allylic oxidation sites excluding steroid dienone is 3.